The molecule has 1 aromatic heterocycles. The summed E-state index contributed by atoms with van der Waals surface area (Å²) in [6.45, 7) is 2.59. The maximum atomic E-state index is 12.8. The number of hydrogen-bond donors (Lipinski definition) is 1. The van der Waals surface area contributed by atoms with Crippen molar-refractivity contribution in [3.05, 3.63) is 65.9 Å². The molecule has 1 atom stereocenters. The lowest BCUT2D eigenvalue weighted by Crippen LogP contribution is -2.28. The Bertz CT molecular complexity index is 1220. The molecule has 2 aromatic carbocycles. The number of sulfone groups is 1. The molecule has 9 heteroatoms. The zero-order valence-corrected chi connectivity index (χ0v) is 19.5. The second kappa shape index (κ2) is 9.66. The molecule has 1 fully saturated rings. The van der Waals surface area contributed by atoms with Crippen LogP contribution in [-0.2, 0) is 9.84 Å². The predicted octanol–water partition coefficient (Wildman–Crippen LogP) is 3.04. The molecule has 1 aliphatic heterocycles. The van der Waals surface area contributed by atoms with Crippen molar-refractivity contribution >= 4 is 15.7 Å². The molecule has 0 unspecified atom stereocenters. The van der Waals surface area contributed by atoms with Crippen molar-refractivity contribution in [3.8, 4) is 22.8 Å². The average molecular weight is 470 g/mol. The van der Waals surface area contributed by atoms with E-state index in [2.05, 4.69) is 10.4 Å². The van der Waals surface area contributed by atoms with Gasteiger partial charge in [0.25, 0.3) is 5.91 Å². The smallest absolute Gasteiger partial charge is 0.271 e. The Morgan fingerprint density at radius 2 is 1.82 bits per heavy atom. The van der Waals surface area contributed by atoms with Crippen molar-refractivity contribution in [2.45, 2.75) is 19.4 Å². The van der Waals surface area contributed by atoms with Gasteiger partial charge in [0.1, 0.15) is 18.1 Å². The summed E-state index contributed by atoms with van der Waals surface area (Å²) in [6.07, 6.45) is 0.486. The van der Waals surface area contributed by atoms with E-state index in [1.807, 2.05) is 31.2 Å². The molecule has 1 amide bonds. The first-order valence-corrected chi connectivity index (χ1v) is 12.6. The van der Waals surface area contributed by atoms with E-state index in [0.717, 1.165) is 22.6 Å². The number of benzene rings is 2. The third kappa shape index (κ3) is 5.54. The SMILES string of the molecule is COc1ccc(OCCNC(=O)c2cc(-c3ccc(C)cc3)n([C@@H]3CCS(=O)(=O)C3)n2)cc1. The van der Waals surface area contributed by atoms with Gasteiger partial charge in [-0.15, -0.1) is 0 Å². The number of hydrogen-bond acceptors (Lipinski definition) is 6. The van der Waals surface area contributed by atoms with Crippen LogP contribution in [0.5, 0.6) is 11.5 Å². The Balaban J connectivity index is 1.45. The maximum absolute atomic E-state index is 12.8. The summed E-state index contributed by atoms with van der Waals surface area (Å²) in [5, 5.41) is 7.31. The van der Waals surface area contributed by atoms with E-state index in [9.17, 15) is 13.2 Å². The van der Waals surface area contributed by atoms with Gasteiger partial charge in [0, 0.05) is 0 Å². The van der Waals surface area contributed by atoms with Gasteiger partial charge < -0.3 is 14.8 Å². The topological polar surface area (TPSA) is 99.5 Å². The van der Waals surface area contributed by atoms with Gasteiger partial charge in [-0.25, -0.2) is 8.42 Å². The van der Waals surface area contributed by atoms with Crippen LogP contribution >= 0.6 is 0 Å². The van der Waals surface area contributed by atoms with Gasteiger partial charge >= 0.3 is 0 Å². The third-order valence-corrected chi connectivity index (χ3v) is 7.34. The molecule has 0 bridgehead atoms. The second-order valence-corrected chi connectivity index (χ2v) is 10.3. The second-order valence-electron chi connectivity index (χ2n) is 8.06. The minimum Gasteiger partial charge on any atom is -0.497 e. The van der Waals surface area contributed by atoms with Gasteiger partial charge in [-0.05, 0) is 49.2 Å². The summed E-state index contributed by atoms with van der Waals surface area (Å²) < 4.78 is 36.5. The first kappa shape index (κ1) is 22.8. The lowest BCUT2D eigenvalue weighted by atomic mass is 10.1. The van der Waals surface area contributed by atoms with Gasteiger partial charge in [0.05, 0.1) is 36.9 Å². The highest BCUT2D eigenvalue weighted by Crippen LogP contribution is 2.30. The summed E-state index contributed by atoms with van der Waals surface area (Å²) in [7, 11) is -1.49. The molecule has 1 saturated heterocycles. The van der Waals surface area contributed by atoms with Gasteiger partial charge in [0.2, 0.25) is 0 Å². The van der Waals surface area contributed by atoms with Gasteiger partial charge in [-0.3, -0.25) is 9.48 Å². The van der Waals surface area contributed by atoms with Crippen molar-refractivity contribution in [1.82, 2.24) is 15.1 Å². The van der Waals surface area contributed by atoms with Crippen LogP contribution in [0.2, 0.25) is 0 Å². The number of aryl methyl sites for hydroxylation is 1. The van der Waals surface area contributed by atoms with Crippen molar-refractivity contribution in [2.24, 2.45) is 0 Å². The molecule has 0 aliphatic carbocycles. The van der Waals surface area contributed by atoms with Crippen molar-refractivity contribution in [1.29, 1.82) is 0 Å². The van der Waals surface area contributed by atoms with Crippen LogP contribution in [0.25, 0.3) is 11.3 Å². The summed E-state index contributed by atoms with van der Waals surface area (Å²) in [4.78, 5) is 12.8. The molecule has 0 spiro atoms. The number of methoxy groups -OCH3 is 1. The number of aromatic nitrogens is 2. The number of nitrogens with one attached hydrogen (secondary N) is 1. The quantitative estimate of drug-likeness (QED) is 0.509. The highest BCUT2D eigenvalue weighted by atomic mass is 32.2. The molecule has 33 heavy (non-hydrogen) atoms. The lowest BCUT2D eigenvalue weighted by Gasteiger charge is -2.13. The Kier molecular flexibility index (Phi) is 6.69. The summed E-state index contributed by atoms with van der Waals surface area (Å²) in [6, 6.07) is 16.5. The zero-order chi connectivity index (χ0) is 23.4. The van der Waals surface area contributed by atoms with Gasteiger partial charge in [-0.2, -0.15) is 5.10 Å². The third-order valence-electron chi connectivity index (χ3n) is 5.59. The van der Waals surface area contributed by atoms with Crippen molar-refractivity contribution < 1.29 is 22.7 Å². The predicted molar refractivity (Wildman–Crippen MR) is 126 cm³/mol. The molecule has 0 radical (unpaired) electrons. The normalized spacial score (nSPS) is 17.0. The number of carbonyl (C=O) groups excluding carboxylic acids is 1. The van der Waals surface area contributed by atoms with Crippen LogP contribution in [0.4, 0.5) is 0 Å². The fourth-order valence-electron chi connectivity index (χ4n) is 3.79. The van der Waals surface area contributed by atoms with Crippen LogP contribution in [0.1, 0.15) is 28.5 Å². The molecule has 4 rings (SSSR count). The van der Waals surface area contributed by atoms with E-state index < -0.39 is 9.84 Å². The molecule has 1 aliphatic rings. The number of amides is 1. The number of rotatable bonds is 8. The summed E-state index contributed by atoms with van der Waals surface area (Å²) >= 11 is 0. The van der Waals surface area contributed by atoms with E-state index in [1.54, 1.807) is 42.1 Å². The van der Waals surface area contributed by atoms with Crippen LogP contribution in [0.3, 0.4) is 0 Å². The average Bonchev–Trinajstić information content (AvgIpc) is 3.41. The number of nitrogens with zero attached hydrogens (tertiary/aromatic N) is 2. The fraction of sp³-hybridized carbons (Fsp3) is 0.333. The molecule has 1 N–H and O–H groups in total. The van der Waals surface area contributed by atoms with E-state index in [-0.39, 0.29) is 29.1 Å². The van der Waals surface area contributed by atoms with Gasteiger partial charge in [-0.1, -0.05) is 29.8 Å². The van der Waals surface area contributed by atoms with Crippen LogP contribution < -0.4 is 14.8 Å². The van der Waals surface area contributed by atoms with Crippen molar-refractivity contribution in [2.75, 3.05) is 31.8 Å². The van der Waals surface area contributed by atoms with Crippen LogP contribution in [0.15, 0.2) is 54.6 Å². The summed E-state index contributed by atoms with van der Waals surface area (Å²) in [5.41, 5.74) is 2.98. The fourth-order valence-corrected chi connectivity index (χ4v) is 5.48. The zero-order valence-electron chi connectivity index (χ0n) is 18.7. The highest BCUT2D eigenvalue weighted by Gasteiger charge is 2.32. The highest BCUT2D eigenvalue weighted by molar-refractivity contribution is 7.91. The Morgan fingerprint density at radius 3 is 2.45 bits per heavy atom. The lowest BCUT2D eigenvalue weighted by molar-refractivity contribution is 0.0941. The van der Waals surface area contributed by atoms with E-state index in [1.165, 1.54) is 0 Å². The molecule has 8 nitrogen and oxygen atoms in total. The molecule has 2 heterocycles. The largest absolute Gasteiger partial charge is 0.497 e. The molecule has 3 aromatic rings. The standard InChI is InChI=1S/C24H27N3O5S/c1-17-3-5-18(6-4-17)23-15-22(26-27(23)19-11-14-33(29,30)16-19)24(28)25-12-13-32-21-9-7-20(31-2)8-10-21/h3-10,15,19H,11-14,16H2,1-2H3,(H,25,28)/t19-/m1/s1. The Hall–Kier alpha value is -3.33. The minimum atomic E-state index is -3.09. The molecule has 0 saturated carbocycles. The Morgan fingerprint density at radius 1 is 1.12 bits per heavy atom. The van der Waals surface area contributed by atoms with Crippen LogP contribution in [0, 0.1) is 6.92 Å². The van der Waals surface area contributed by atoms with Crippen LogP contribution in [-0.4, -0.2) is 55.9 Å². The first-order chi connectivity index (χ1) is 15.8. The van der Waals surface area contributed by atoms with E-state index in [0.29, 0.717) is 25.3 Å². The minimum absolute atomic E-state index is 0.0320. The maximum Gasteiger partial charge on any atom is 0.271 e. The first-order valence-electron chi connectivity index (χ1n) is 10.8. The molecular formula is C24H27N3O5S. The molecular weight excluding hydrogens is 442 g/mol. The van der Waals surface area contributed by atoms with E-state index in [4.69, 9.17) is 9.47 Å². The van der Waals surface area contributed by atoms with E-state index >= 15 is 0 Å². The Labute approximate surface area is 193 Å². The summed E-state index contributed by atoms with van der Waals surface area (Å²) in [5.74, 6) is 1.25. The van der Waals surface area contributed by atoms with Gasteiger partial charge in [0.15, 0.2) is 15.5 Å². The molecule has 174 valence electrons. The van der Waals surface area contributed by atoms with Crippen molar-refractivity contribution in [3.63, 3.8) is 0 Å². The number of ether oxygens (including phenoxy) is 2. The number of carbonyl (C=O) groups is 1. The monoisotopic (exact) mass is 469 g/mol.